The monoisotopic (exact) mass is 353 g/mol. The fraction of sp³-hybridized carbons (Fsp3) is 0.250. The van der Waals surface area contributed by atoms with Crippen LogP contribution in [0.1, 0.15) is 35.3 Å². The first-order valence-electron chi connectivity index (χ1n) is 8.54. The molecule has 0 aromatic heterocycles. The summed E-state index contributed by atoms with van der Waals surface area (Å²) in [5.74, 6) is -0.806. The molecule has 3 N–H and O–H groups in total. The van der Waals surface area contributed by atoms with Crippen molar-refractivity contribution in [2.24, 2.45) is 0 Å². The van der Waals surface area contributed by atoms with E-state index in [4.69, 9.17) is 0 Å². The highest BCUT2D eigenvalue weighted by molar-refractivity contribution is 5.94. The number of carbonyl (C=O) groups is 3. The lowest BCUT2D eigenvalue weighted by atomic mass is 10.0. The van der Waals surface area contributed by atoms with Gasteiger partial charge in [0.15, 0.2) is 0 Å². The highest BCUT2D eigenvalue weighted by atomic mass is 16.2. The van der Waals surface area contributed by atoms with Crippen LogP contribution in [0.15, 0.2) is 60.7 Å². The molecule has 0 unspecified atom stereocenters. The summed E-state index contributed by atoms with van der Waals surface area (Å²) >= 11 is 0. The van der Waals surface area contributed by atoms with Crippen molar-refractivity contribution in [3.05, 3.63) is 71.8 Å². The normalized spacial score (nSPS) is 11.3. The molecule has 2 rings (SSSR count). The molecule has 0 radical (unpaired) electrons. The Kier molecular flexibility index (Phi) is 7.36. The van der Waals surface area contributed by atoms with Crippen LogP contribution in [0.5, 0.6) is 0 Å². The van der Waals surface area contributed by atoms with Gasteiger partial charge in [0.2, 0.25) is 11.8 Å². The zero-order chi connectivity index (χ0) is 18.8. The lowest BCUT2D eigenvalue weighted by Gasteiger charge is -2.19. The van der Waals surface area contributed by atoms with E-state index in [9.17, 15) is 14.4 Å². The van der Waals surface area contributed by atoms with Crippen LogP contribution < -0.4 is 16.0 Å². The van der Waals surface area contributed by atoms with Crippen molar-refractivity contribution >= 4 is 17.7 Å². The minimum atomic E-state index is -0.488. The second-order valence-corrected chi connectivity index (χ2v) is 5.74. The summed E-state index contributed by atoms with van der Waals surface area (Å²) in [5, 5.41) is 8.09. The first kappa shape index (κ1) is 19.2. The Bertz CT molecular complexity index is 732. The number of hydrogen-bond acceptors (Lipinski definition) is 3. The van der Waals surface area contributed by atoms with E-state index in [0.29, 0.717) is 12.1 Å². The number of nitrogens with one attached hydrogen (secondary N) is 3. The molecular weight excluding hydrogens is 330 g/mol. The van der Waals surface area contributed by atoms with Crippen LogP contribution >= 0.6 is 0 Å². The summed E-state index contributed by atoms with van der Waals surface area (Å²) in [6.07, 6.45) is 0.0436. The highest BCUT2D eigenvalue weighted by Crippen LogP contribution is 2.17. The van der Waals surface area contributed by atoms with Gasteiger partial charge < -0.3 is 16.0 Å². The maximum atomic E-state index is 12.5. The fourth-order valence-electron chi connectivity index (χ4n) is 2.46. The molecule has 2 aromatic rings. The second-order valence-electron chi connectivity index (χ2n) is 5.74. The maximum Gasteiger partial charge on any atom is 0.251 e. The Morgan fingerprint density at radius 3 is 2.08 bits per heavy atom. The van der Waals surface area contributed by atoms with Crippen LogP contribution in [0.4, 0.5) is 0 Å². The molecule has 0 heterocycles. The lowest BCUT2D eigenvalue weighted by molar-refractivity contribution is -0.126. The van der Waals surface area contributed by atoms with Gasteiger partial charge in [0.25, 0.3) is 5.91 Å². The third-order valence-electron chi connectivity index (χ3n) is 3.75. The van der Waals surface area contributed by atoms with Crippen molar-refractivity contribution < 1.29 is 14.4 Å². The van der Waals surface area contributed by atoms with E-state index in [-0.39, 0.29) is 30.7 Å². The summed E-state index contributed by atoms with van der Waals surface area (Å²) in [4.78, 5) is 36.1. The average molecular weight is 353 g/mol. The SMILES string of the molecule is CCNC(=O)CNC(=O)C[C@H](NC(=O)c1ccccc1)c1ccccc1. The van der Waals surface area contributed by atoms with Gasteiger partial charge in [-0.1, -0.05) is 48.5 Å². The summed E-state index contributed by atoms with van der Waals surface area (Å²) in [5.41, 5.74) is 1.35. The molecule has 0 aliphatic rings. The van der Waals surface area contributed by atoms with Gasteiger partial charge in [-0.15, -0.1) is 0 Å². The Morgan fingerprint density at radius 1 is 0.846 bits per heavy atom. The minimum Gasteiger partial charge on any atom is -0.355 e. The first-order valence-corrected chi connectivity index (χ1v) is 8.54. The zero-order valence-electron chi connectivity index (χ0n) is 14.7. The van der Waals surface area contributed by atoms with Crippen molar-refractivity contribution in [1.82, 2.24) is 16.0 Å². The van der Waals surface area contributed by atoms with Crippen LogP contribution in [-0.2, 0) is 9.59 Å². The summed E-state index contributed by atoms with van der Waals surface area (Å²) in [7, 11) is 0. The molecule has 26 heavy (non-hydrogen) atoms. The molecule has 0 saturated carbocycles. The maximum absolute atomic E-state index is 12.5. The molecule has 6 heteroatoms. The van der Waals surface area contributed by atoms with Crippen molar-refractivity contribution in [2.75, 3.05) is 13.1 Å². The minimum absolute atomic E-state index is 0.0436. The van der Waals surface area contributed by atoms with Gasteiger partial charge in [0, 0.05) is 12.1 Å². The van der Waals surface area contributed by atoms with Crippen LogP contribution in [0.2, 0.25) is 0 Å². The van der Waals surface area contributed by atoms with Crippen LogP contribution in [0.25, 0.3) is 0 Å². The predicted octanol–water partition coefficient (Wildman–Crippen LogP) is 1.80. The van der Waals surface area contributed by atoms with Gasteiger partial charge in [-0.2, -0.15) is 0 Å². The molecule has 3 amide bonds. The Labute approximate surface area is 153 Å². The van der Waals surface area contributed by atoms with E-state index in [1.165, 1.54) is 0 Å². The van der Waals surface area contributed by atoms with Gasteiger partial charge in [-0.25, -0.2) is 0 Å². The average Bonchev–Trinajstić information content (AvgIpc) is 2.67. The van der Waals surface area contributed by atoms with Crippen LogP contribution in [0.3, 0.4) is 0 Å². The molecule has 0 fully saturated rings. The van der Waals surface area contributed by atoms with Crippen molar-refractivity contribution in [3.63, 3.8) is 0 Å². The van der Waals surface area contributed by atoms with E-state index in [1.807, 2.05) is 43.3 Å². The first-order chi connectivity index (χ1) is 12.6. The molecular formula is C20H23N3O3. The summed E-state index contributed by atoms with van der Waals surface area (Å²) in [6.45, 7) is 2.24. The highest BCUT2D eigenvalue weighted by Gasteiger charge is 2.19. The lowest BCUT2D eigenvalue weighted by Crippen LogP contribution is -2.39. The molecule has 2 aromatic carbocycles. The van der Waals surface area contributed by atoms with E-state index < -0.39 is 6.04 Å². The van der Waals surface area contributed by atoms with E-state index >= 15 is 0 Å². The largest absolute Gasteiger partial charge is 0.355 e. The van der Waals surface area contributed by atoms with Gasteiger partial charge in [0.05, 0.1) is 19.0 Å². The smallest absolute Gasteiger partial charge is 0.251 e. The second kappa shape index (κ2) is 9.98. The molecule has 0 bridgehead atoms. The summed E-state index contributed by atoms with van der Waals surface area (Å²) in [6, 6.07) is 17.6. The number of likely N-dealkylation sites (N-methyl/N-ethyl adjacent to an activating group) is 1. The predicted molar refractivity (Wildman–Crippen MR) is 99.4 cm³/mol. The van der Waals surface area contributed by atoms with Gasteiger partial charge >= 0.3 is 0 Å². The topological polar surface area (TPSA) is 87.3 Å². The van der Waals surface area contributed by atoms with Crippen molar-refractivity contribution in [1.29, 1.82) is 0 Å². The van der Waals surface area contributed by atoms with E-state index in [0.717, 1.165) is 5.56 Å². The number of carbonyl (C=O) groups excluding carboxylic acids is 3. The van der Waals surface area contributed by atoms with Gasteiger partial charge in [0.1, 0.15) is 0 Å². The van der Waals surface area contributed by atoms with Gasteiger partial charge in [-0.05, 0) is 24.6 Å². The number of amides is 3. The van der Waals surface area contributed by atoms with E-state index in [2.05, 4.69) is 16.0 Å². The molecule has 1 atom stereocenters. The van der Waals surface area contributed by atoms with Crippen LogP contribution in [-0.4, -0.2) is 30.8 Å². The summed E-state index contributed by atoms with van der Waals surface area (Å²) < 4.78 is 0. The fourth-order valence-corrected chi connectivity index (χ4v) is 2.46. The van der Waals surface area contributed by atoms with Crippen molar-refractivity contribution in [2.45, 2.75) is 19.4 Å². The number of benzene rings is 2. The number of hydrogen-bond donors (Lipinski definition) is 3. The number of rotatable bonds is 8. The third-order valence-corrected chi connectivity index (χ3v) is 3.75. The van der Waals surface area contributed by atoms with Crippen molar-refractivity contribution in [3.8, 4) is 0 Å². The van der Waals surface area contributed by atoms with Gasteiger partial charge in [-0.3, -0.25) is 14.4 Å². The third kappa shape index (κ3) is 6.05. The molecule has 0 saturated heterocycles. The Morgan fingerprint density at radius 2 is 1.46 bits per heavy atom. The molecule has 6 nitrogen and oxygen atoms in total. The van der Waals surface area contributed by atoms with Crippen LogP contribution in [0, 0.1) is 0 Å². The standard InChI is InChI=1S/C20H23N3O3/c1-2-21-19(25)14-22-18(24)13-17(15-9-5-3-6-10-15)23-20(26)16-11-7-4-8-12-16/h3-12,17H,2,13-14H2,1H3,(H,21,25)(H,22,24)(H,23,26)/t17-/m0/s1. The molecule has 0 aliphatic carbocycles. The quantitative estimate of drug-likeness (QED) is 0.676. The zero-order valence-corrected chi connectivity index (χ0v) is 14.7. The molecule has 136 valence electrons. The molecule has 0 spiro atoms. The Hall–Kier alpha value is -3.15. The Balaban J connectivity index is 2.04. The molecule has 0 aliphatic heterocycles. The van der Waals surface area contributed by atoms with E-state index in [1.54, 1.807) is 24.3 Å².